The van der Waals surface area contributed by atoms with E-state index in [2.05, 4.69) is 15.3 Å². The predicted octanol–water partition coefficient (Wildman–Crippen LogP) is 5.30. The summed E-state index contributed by atoms with van der Waals surface area (Å²) in [5, 5.41) is 2.74. The zero-order chi connectivity index (χ0) is 21.8. The van der Waals surface area contributed by atoms with Gasteiger partial charge in [-0.05, 0) is 38.5 Å². The van der Waals surface area contributed by atoms with Gasteiger partial charge in [-0.3, -0.25) is 4.79 Å². The average molecular weight is 428 g/mol. The molecule has 0 aliphatic heterocycles. The van der Waals surface area contributed by atoms with Crippen LogP contribution in [0.25, 0.3) is 6.08 Å². The Balaban J connectivity index is 2.11. The van der Waals surface area contributed by atoms with Crippen LogP contribution < -0.4 is 10.1 Å². The second kappa shape index (κ2) is 8.82. The van der Waals surface area contributed by atoms with Gasteiger partial charge in [-0.25, -0.2) is 9.97 Å². The summed E-state index contributed by atoms with van der Waals surface area (Å²) >= 11 is 6.10. The minimum atomic E-state index is -4.41. The van der Waals surface area contributed by atoms with Crippen molar-refractivity contribution in [2.24, 2.45) is 0 Å². The van der Waals surface area contributed by atoms with Crippen LogP contribution in [0.4, 0.5) is 13.2 Å². The van der Waals surface area contributed by atoms with Gasteiger partial charge < -0.3 is 10.1 Å². The largest absolute Gasteiger partial charge is 0.423 e. The van der Waals surface area contributed by atoms with Crippen LogP contribution in [-0.2, 0) is 10.2 Å². The maximum absolute atomic E-state index is 13.2. The fourth-order valence-electron chi connectivity index (χ4n) is 2.32. The van der Waals surface area contributed by atoms with Gasteiger partial charge in [0.25, 0.3) is 0 Å². The number of halogens is 4. The lowest BCUT2D eigenvalue weighted by atomic mass is 9.84. The molecule has 2 aromatic rings. The van der Waals surface area contributed by atoms with E-state index < -0.39 is 11.6 Å². The van der Waals surface area contributed by atoms with E-state index in [-0.39, 0.29) is 34.3 Å². The summed E-state index contributed by atoms with van der Waals surface area (Å²) in [6.45, 7) is 5.42. The first-order valence-electron chi connectivity index (χ1n) is 8.72. The van der Waals surface area contributed by atoms with Crippen LogP contribution in [0.1, 0.15) is 38.8 Å². The Morgan fingerprint density at radius 1 is 1.24 bits per heavy atom. The highest BCUT2D eigenvalue weighted by molar-refractivity contribution is 6.32. The molecule has 0 unspecified atom stereocenters. The Hall–Kier alpha value is -2.61. The van der Waals surface area contributed by atoms with Crippen molar-refractivity contribution in [3.63, 3.8) is 0 Å². The second-order valence-electron chi connectivity index (χ2n) is 7.02. The van der Waals surface area contributed by atoms with Gasteiger partial charge in [-0.1, -0.05) is 29.8 Å². The van der Waals surface area contributed by atoms with E-state index in [0.29, 0.717) is 5.56 Å². The van der Waals surface area contributed by atoms with Crippen molar-refractivity contribution in [1.82, 2.24) is 15.3 Å². The predicted molar refractivity (Wildman–Crippen MR) is 105 cm³/mol. The van der Waals surface area contributed by atoms with Crippen LogP contribution in [0.5, 0.6) is 11.8 Å². The SMILES string of the molecule is CC(=O)N[C@@H](C)/C=C/c1cnc(Oc2ccc(C(C)(C)C(F)(F)F)cc2Cl)nc1. The number of nitrogens with zero attached hydrogens (tertiary/aromatic N) is 2. The molecule has 0 fully saturated rings. The first-order chi connectivity index (χ1) is 13.4. The van der Waals surface area contributed by atoms with Gasteiger partial charge in [0.1, 0.15) is 5.75 Å². The Morgan fingerprint density at radius 2 is 1.86 bits per heavy atom. The van der Waals surface area contributed by atoms with Crippen LogP contribution >= 0.6 is 11.6 Å². The van der Waals surface area contributed by atoms with E-state index >= 15 is 0 Å². The third-order valence-electron chi connectivity index (χ3n) is 4.22. The number of nitrogens with one attached hydrogen (secondary N) is 1. The van der Waals surface area contributed by atoms with Crippen molar-refractivity contribution in [3.05, 3.63) is 52.8 Å². The van der Waals surface area contributed by atoms with Gasteiger partial charge in [0.05, 0.1) is 10.4 Å². The Bertz CT molecular complexity index is 897. The van der Waals surface area contributed by atoms with E-state index in [1.54, 1.807) is 12.2 Å². The fourth-order valence-corrected chi connectivity index (χ4v) is 2.54. The normalized spacial score (nSPS) is 13.4. The van der Waals surface area contributed by atoms with E-state index in [1.165, 1.54) is 37.5 Å². The van der Waals surface area contributed by atoms with Crippen LogP contribution in [0.15, 0.2) is 36.7 Å². The molecule has 1 aromatic heterocycles. The number of rotatable bonds is 6. The average Bonchev–Trinajstić information content (AvgIpc) is 2.61. The summed E-state index contributed by atoms with van der Waals surface area (Å²) < 4.78 is 45.1. The second-order valence-corrected chi connectivity index (χ2v) is 7.42. The standard InChI is InChI=1S/C20H21ClF3N3O2/c1-12(27-13(2)28)5-6-14-10-25-18(26-11-14)29-17-8-7-15(9-16(17)21)19(3,4)20(22,23)24/h5-12H,1-4H3,(H,27,28)/b6-5+/t12-/m0/s1. The highest BCUT2D eigenvalue weighted by atomic mass is 35.5. The summed E-state index contributed by atoms with van der Waals surface area (Å²) in [5.41, 5.74) is -1.34. The molecule has 0 aliphatic rings. The number of ether oxygens (including phenoxy) is 1. The monoisotopic (exact) mass is 427 g/mol. The molecule has 1 atom stereocenters. The van der Waals surface area contributed by atoms with Gasteiger partial charge in [0.15, 0.2) is 0 Å². The van der Waals surface area contributed by atoms with Gasteiger partial charge in [0.2, 0.25) is 5.91 Å². The lowest BCUT2D eigenvalue weighted by Gasteiger charge is -2.28. The molecule has 1 N–H and O–H groups in total. The third-order valence-corrected chi connectivity index (χ3v) is 4.52. The Morgan fingerprint density at radius 3 is 2.38 bits per heavy atom. The smallest absolute Gasteiger partial charge is 0.397 e. The quantitative estimate of drug-likeness (QED) is 0.679. The summed E-state index contributed by atoms with van der Waals surface area (Å²) in [7, 11) is 0. The van der Waals surface area contributed by atoms with Crippen molar-refractivity contribution in [3.8, 4) is 11.8 Å². The molecule has 0 radical (unpaired) electrons. The van der Waals surface area contributed by atoms with E-state index in [1.807, 2.05) is 6.92 Å². The molecule has 5 nitrogen and oxygen atoms in total. The molecule has 9 heteroatoms. The lowest BCUT2D eigenvalue weighted by Crippen LogP contribution is -2.36. The van der Waals surface area contributed by atoms with Crippen molar-refractivity contribution in [2.75, 3.05) is 0 Å². The van der Waals surface area contributed by atoms with Crippen LogP contribution in [0.2, 0.25) is 5.02 Å². The minimum Gasteiger partial charge on any atom is -0.423 e. The van der Waals surface area contributed by atoms with Crippen molar-refractivity contribution >= 4 is 23.6 Å². The van der Waals surface area contributed by atoms with Crippen molar-refractivity contribution < 1.29 is 22.7 Å². The summed E-state index contributed by atoms with van der Waals surface area (Å²) in [4.78, 5) is 19.1. The Labute approximate surface area is 172 Å². The van der Waals surface area contributed by atoms with Gasteiger partial charge in [-0.15, -0.1) is 0 Å². The van der Waals surface area contributed by atoms with Crippen LogP contribution in [0.3, 0.4) is 0 Å². The number of carbonyl (C=O) groups is 1. The van der Waals surface area contributed by atoms with Crippen molar-refractivity contribution in [1.29, 1.82) is 0 Å². The maximum atomic E-state index is 13.2. The van der Waals surface area contributed by atoms with Gasteiger partial charge >= 0.3 is 12.2 Å². The molecule has 156 valence electrons. The fraction of sp³-hybridized carbons (Fsp3) is 0.350. The zero-order valence-corrected chi connectivity index (χ0v) is 17.1. The van der Waals surface area contributed by atoms with E-state index in [4.69, 9.17) is 16.3 Å². The Kier molecular flexibility index (Phi) is 6.89. The molecule has 1 amide bonds. The molecule has 0 spiro atoms. The summed E-state index contributed by atoms with van der Waals surface area (Å²) in [5.74, 6) is 0.0135. The molecule has 1 aromatic carbocycles. The topological polar surface area (TPSA) is 64.1 Å². The molecular formula is C20H21ClF3N3O2. The first-order valence-corrected chi connectivity index (χ1v) is 9.10. The summed E-state index contributed by atoms with van der Waals surface area (Å²) in [6, 6.07) is 3.75. The van der Waals surface area contributed by atoms with E-state index in [0.717, 1.165) is 13.8 Å². The number of benzene rings is 1. The number of amides is 1. The van der Waals surface area contributed by atoms with Crippen LogP contribution in [0, 0.1) is 0 Å². The molecule has 0 saturated carbocycles. The van der Waals surface area contributed by atoms with Crippen molar-refractivity contribution in [2.45, 2.75) is 45.3 Å². The molecule has 1 heterocycles. The maximum Gasteiger partial charge on any atom is 0.397 e. The minimum absolute atomic E-state index is 0.00166. The number of aromatic nitrogens is 2. The number of hydrogen-bond acceptors (Lipinski definition) is 4. The molecule has 2 rings (SSSR count). The highest BCUT2D eigenvalue weighted by Crippen LogP contribution is 2.42. The first kappa shape index (κ1) is 22.7. The molecular weight excluding hydrogens is 407 g/mol. The number of hydrogen-bond donors (Lipinski definition) is 1. The molecule has 0 bridgehead atoms. The zero-order valence-electron chi connectivity index (χ0n) is 16.3. The summed E-state index contributed by atoms with van der Waals surface area (Å²) in [6.07, 6.45) is 2.12. The lowest BCUT2D eigenvalue weighted by molar-refractivity contribution is -0.180. The van der Waals surface area contributed by atoms with Gasteiger partial charge in [-0.2, -0.15) is 13.2 Å². The third kappa shape index (κ3) is 5.93. The van der Waals surface area contributed by atoms with Crippen LogP contribution in [-0.4, -0.2) is 28.1 Å². The highest BCUT2D eigenvalue weighted by Gasteiger charge is 2.48. The molecule has 0 aliphatic carbocycles. The van der Waals surface area contributed by atoms with E-state index in [9.17, 15) is 18.0 Å². The molecule has 0 saturated heterocycles. The number of alkyl halides is 3. The number of carbonyl (C=O) groups excluding carboxylic acids is 1. The van der Waals surface area contributed by atoms with Gasteiger partial charge in [0, 0.05) is 30.9 Å². The molecule has 29 heavy (non-hydrogen) atoms.